The number of hydrogen-bond acceptors (Lipinski definition) is 1. The average molecular weight is 261 g/mol. The maximum absolute atomic E-state index is 13.6. The first-order valence-corrected chi connectivity index (χ1v) is 6.39. The van der Waals surface area contributed by atoms with Crippen molar-refractivity contribution in [2.45, 2.75) is 25.8 Å². The molecule has 2 N–H and O–H groups in total. The fraction of sp³-hybridized carbons (Fsp3) is 0.250. The molecule has 0 amide bonds. The summed E-state index contributed by atoms with van der Waals surface area (Å²) in [6.45, 7) is 2.08. The van der Waals surface area contributed by atoms with Crippen LogP contribution in [0.4, 0.5) is 8.78 Å². The Hall–Kier alpha value is -1.74. The normalized spacial score (nSPS) is 12.4. The molecule has 19 heavy (non-hydrogen) atoms. The highest BCUT2D eigenvalue weighted by atomic mass is 19.1. The lowest BCUT2D eigenvalue weighted by Gasteiger charge is -2.14. The third-order valence-electron chi connectivity index (χ3n) is 3.26. The Morgan fingerprint density at radius 2 is 1.47 bits per heavy atom. The van der Waals surface area contributed by atoms with Crippen molar-refractivity contribution in [3.8, 4) is 0 Å². The van der Waals surface area contributed by atoms with Gasteiger partial charge in [-0.2, -0.15) is 0 Å². The van der Waals surface area contributed by atoms with Gasteiger partial charge in [0.2, 0.25) is 0 Å². The third-order valence-corrected chi connectivity index (χ3v) is 3.26. The lowest BCUT2D eigenvalue weighted by atomic mass is 9.98. The Morgan fingerprint density at radius 3 is 2.00 bits per heavy atom. The van der Waals surface area contributed by atoms with Gasteiger partial charge in [0, 0.05) is 11.6 Å². The predicted molar refractivity (Wildman–Crippen MR) is 72.8 cm³/mol. The summed E-state index contributed by atoms with van der Waals surface area (Å²) in [6.07, 6.45) is 1.39. The maximum atomic E-state index is 13.6. The molecule has 0 aliphatic heterocycles. The minimum Gasteiger partial charge on any atom is -0.323 e. The standard InChI is InChI=1S/C16H17F2N/c1-2-11-6-8-12(9-7-11)10-15(19)16-13(17)4-3-5-14(16)18/h3-9,15H,2,10,19H2,1H3. The highest BCUT2D eigenvalue weighted by molar-refractivity contribution is 5.28. The molecule has 1 atom stereocenters. The fourth-order valence-corrected chi connectivity index (χ4v) is 2.13. The first-order valence-electron chi connectivity index (χ1n) is 6.39. The smallest absolute Gasteiger partial charge is 0.130 e. The second kappa shape index (κ2) is 5.93. The van der Waals surface area contributed by atoms with E-state index in [9.17, 15) is 8.78 Å². The SMILES string of the molecule is CCc1ccc(CC(N)c2c(F)cccc2F)cc1. The second-order valence-corrected chi connectivity index (χ2v) is 4.62. The molecule has 0 heterocycles. The molecule has 3 heteroatoms. The Bertz CT molecular complexity index is 529. The molecule has 0 aromatic heterocycles. The minimum atomic E-state index is -0.673. The third kappa shape index (κ3) is 3.18. The van der Waals surface area contributed by atoms with Crippen LogP contribution in [-0.2, 0) is 12.8 Å². The van der Waals surface area contributed by atoms with Crippen LogP contribution in [0.3, 0.4) is 0 Å². The molecule has 1 nitrogen and oxygen atoms in total. The number of halogens is 2. The monoisotopic (exact) mass is 261 g/mol. The van der Waals surface area contributed by atoms with Crippen LogP contribution in [0.15, 0.2) is 42.5 Å². The number of benzene rings is 2. The molecule has 1 unspecified atom stereocenters. The van der Waals surface area contributed by atoms with Crippen LogP contribution in [0.2, 0.25) is 0 Å². The van der Waals surface area contributed by atoms with E-state index in [1.54, 1.807) is 0 Å². The summed E-state index contributed by atoms with van der Waals surface area (Å²) in [5, 5.41) is 0. The summed E-state index contributed by atoms with van der Waals surface area (Å²) in [5.41, 5.74) is 8.09. The van der Waals surface area contributed by atoms with Gasteiger partial charge < -0.3 is 5.73 Å². The minimum absolute atomic E-state index is 0.0398. The van der Waals surface area contributed by atoms with Crippen LogP contribution in [0.25, 0.3) is 0 Å². The Morgan fingerprint density at radius 1 is 0.947 bits per heavy atom. The van der Waals surface area contributed by atoms with E-state index in [2.05, 4.69) is 6.92 Å². The molecule has 2 aromatic carbocycles. The van der Waals surface area contributed by atoms with Gasteiger partial charge in [-0.1, -0.05) is 37.3 Å². The number of nitrogens with two attached hydrogens (primary N) is 1. The summed E-state index contributed by atoms with van der Waals surface area (Å²) in [5.74, 6) is -1.17. The zero-order valence-electron chi connectivity index (χ0n) is 10.9. The second-order valence-electron chi connectivity index (χ2n) is 4.62. The number of rotatable bonds is 4. The van der Waals surface area contributed by atoms with Gasteiger partial charge in [-0.05, 0) is 36.1 Å². The van der Waals surface area contributed by atoms with Gasteiger partial charge in [-0.25, -0.2) is 8.78 Å². The van der Waals surface area contributed by atoms with Crippen molar-refractivity contribution >= 4 is 0 Å². The molecule has 0 bridgehead atoms. The highest BCUT2D eigenvalue weighted by Crippen LogP contribution is 2.22. The molecule has 2 aromatic rings. The van der Waals surface area contributed by atoms with Gasteiger partial charge >= 0.3 is 0 Å². The van der Waals surface area contributed by atoms with Gasteiger partial charge in [-0.15, -0.1) is 0 Å². The van der Waals surface area contributed by atoms with Crippen LogP contribution >= 0.6 is 0 Å². The van der Waals surface area contributed by atoms with E-state index < -0.39 is 17.7 Å². The van der Waals surface area contributed by atoms with Crippen molar-refractivity contribution in [2.75, 3.05) is 0 Å². The molecule has 0 saturated carbocycles. The van der Waals surface area contributed by atoms with Crippen LogP contribution in [0.1, 0.15) is 29.7 Å². The quantitative estimate of drug-likeness (QED) is 0.890. The largest absolute Gasteiger partial charge is 0.323 e. The summed E-state index contributed by atoms with van der Waals surface area (Å²) >= 11 is 0. The van der Waals surface area contributed by atoms with Crippen molar-refractivity contribution in [2.24, 2.45) is 5.73 Å². The van der Waals surface area contributed by atoms with Gasteiger partial charge in [0.15, 0.2) is 0 Å². The average Bonchev–Trinajstić information content (AvgIpc) is 2.39. The lowest BCUT2D eigenvalue weighted by molar-refractivity contribution is 0.524. The van der Waals surface area contributed by atoms with Gasteiger partial charge in [0.1, 0.15) is 11.6 Å². The zero-order chi connectivity index (χ0) is 13.8. The zero-order valence-corrected chi connectivity index (χ0v) is 10.9. The molecule has 2 rings (SSSR count). The molecule has 0 aliphatic rings. The molecule has 0 aliphatic carbocycles. The molecular formula is C16H17F2N. The van der Waals surface area contributed by atoms with Crippen molar-refractivity contribution in [1.82, 2.24) is 0 Å². The summed E-state index contributed by atoms with van der Waals surface area (Å²) in [7, 11) is 0. The summed E-state index contributed by atoms with van der Waals surface area (Å²) < 4.78 is 27.2. The van der Waals surface area contributed by atoms with E-state index in [0.29, 0.717) is 6.42 Å². The molecule has 0 saturated heterocycles. The summed E-state index contributed by atoms with van der Waals surface area (Å²) in [4.78, 5) is 0. The summed E-state index contributed by atoms with van der Waals surface area (Å²) in [6, 6.07) is 11.1. The molecule has 0 fully saturated rings. The molecule has 100 valence electrons. The Kier molecular flexibility index (Phi) is 4.27. The van der Waals surface area contributed by atoms with Gasteiger partial charge in [0.05, 0.1) is 0 Å². The fourth-order valence-electron chi connectivity index (χ4n) is 2.13. The van der Waals surface area contributed by atoms with Crippen molar-refractivity contribution in [3.05, 3.63) is 70.8 Å². The van der Waals surface area contributed by atoms with Crippen molar-refractivity contribution in [3.63, 3.8) is 0 Å². The van der Waals surface area contributed by atoms with Crippen LogP contribution < -0.4 is 5.73 Å². The number of aryl methyl sites for hydroxylation is 1. The lowest BCUT2D eigenvalue weighted by Crippen LogP contribution is -2.16. The number of hydrogen-bond donors (Lipinski definition) is 1. The Balaban J connectivity index is 2.18. The first-order chi connectivity index (χ1) is 9.11. The van der Waals surface area contributed by atoms with Gasteiger partial charge in [-0.3, -0.25) is 0 Å². The maximum Gasteiger partial charge on any atom is 0.130 e. The van der Waals surface area contributed by atoms with Crippen LogP contribution in [-0.4, -0.2) is 0 Å². The van der Waals surface area contributed by atoms with Crippen molar-refractivity contribution in [1.29, 1.82) is 0 Å². The van der Waals surface area contributed by atoms with E-state index >= 15 is 0 Å². The molecule has 0 radical (unpaired) electrons. The molecular weight excluding hydrogens is 244 g/mol. The van der Waals surface area contributed by atoms with Crippen LogP contribution in [0.5, 0.6) is 0 Å². The highest BCUT2D eigenvalue weighted by Gasteiger charge is 2.16. The van der Waals surface area contributed by atoms with E-state index in [1.807, 2.05) is 24.3 Å². The van der Waals surface area contributed by atoms with E-state index in [-0.39, 0.29) is 5.56 Å². The first kappa shape index (κ1) is 13.7. The van der Waals surface area contributed by atoms with E-state index in [0.717, 1.165) is 12.0 Å². The van der Waals surface area contributed by atoms with Crippen molar-refractivity contribution < 1.29 is 8.78 Å². The van der Waals surface area contributed by atoms with Gasteiger partial charge in [0.25, 0.3) is 0 Å². The Labute approximate surface area is 112 Å². The topological polar surface area (TPSA) is 26.0 Å². The predicted octanol–water partition coefficient (Wildman–Crippen LogP) is 3.77. The van der Waals surface area contributed by atoms with E-state index in [1.165, 1.54) is 23.8 Å². The van der Waals surface area contributed by atoms with E-state index in [4.69, 9.17) is 5.73 Å². The van der Waals surface area contributed by atoms with Crippen LogP contribution in [0, 0.1) is 11.6 Å². The molecule has 0 spiro atoms.